The molecule has 4 nitrogen and oxygen atoms in total. The van der Waals surface area contributed by atoms with Crippen molar-refractivity contribution in [2.45, 2.75) is 25.3 Å². The number of esters is 1. The van der Waals surface area contributed by atoms with Crippen LogP contribution in [0.3, 0.4) is 0 Å². The number of hydrogen-bond acceptors (Lipinski definition) is 4. The summed E-state index contributed by atoms with van der Waals surface area (Å²) in [6, 6.07) is 9.74. The standard InChI is InChI=1S/C14H17NO3/c1-17-14(16)7-6-11(15)9-12-8-10-4-2-3-5-13(10)18-12/h2-5,8,11H,6-7,9,15H2,1H3. The minimum absolute atomic E-state index is 0.0929. The maximum Gasteiger partial charge on any atom is 0.305 e. The normalized spacial score (nSPS) is 12.6. The molecule has 96 valence electrons. The summed E-state index contributed by atoms with van der Waals surface area (Å²) < 4.78 is 10.3. The second kappa shape index (κ2) is 5.69. The van der Waals surface area contributed by atoms with Crippen molar-refractivity contribution >= 4 is 16.9 Å². The van der Waals surface area contributed by atoms with E-state index >= 15 is 0 Å². The van der Waals surface area contributed by atoms with E-state index in [0.29, 0.717) is 19.3 Å². The molecule has 1 aromatic heterocycles. The molecular formula is C14H17NO3. The van der Waals surface area contributed by atoms with Gasteiger partial charge >= 0.3 is 5.97 Å². The van der Waals surface area contributed by atoms with E-state index in [1.165, 1.54) is 7.11 Å². The number of furan rings is 1. The summed E-state index contributed by atoms with van der Waals surface area (Å²) in [6.07, 6.45) is 1.58. The summed E-state index contributed by atoms with van der Waals surface area (Å²) in [5.41, 5.74) is 6.83. The highest BCUT2D eigenvalue weighted by Crippen LogP contribution is 2.20. The van der Waals surface area contributed by atoms with Crippen molar-refractivity contribution in [3.63, 3.8) is 0 Å². The lowest BCUT2D eigenvalue weighted by Crippen LogP contribution is -2.23. The lowest BCUT2D eigenvalue weighted by atomic mass is 10.1. The molecular weight excluding hydrogens is 230 g/mol. The average molecular weight is 247 g/mol. The summed E-state index contributed by atoms with van der Waals surface area (Å²) in [4.78, 5) is 11.0. The van der Waals surface area contributed by atoms with Gasteiger partial charge in [0.1, 0.15) is 11.3 Å². The van der Waals surface area contributed by atoms with Gasteiger partial charge in [0.2, 0.25) is 0 Å². The van der Waals surface area contributed by atoms with Crippen LogP contribution in [0.2, 0.25) is 0 Å². The van der Waals surface area contributed by atoms with E-state index < -0.39 is 0 Å². The van der Waals surface area contributed by atoms with Gasteiger partial charge in [-0.15, -0.1) is 0 Å². The number of nitrogens with two attached hydrogens (primary N) is 1. The van der Waals surface area contributed by atoms with Crippen LogP contribution in [0, 0.1) is 0 Å². The van der Waals surface area contributed by atoms with Crippen LogP contribution in [0.25, 0.3) is 11.0 Å². The Kier molecular flexibility index (Phi) is 3.99. The fourth-order valence-electron chi connectivity index (χ4n) is 1.90. The number of hydrogen-bond donors (Lipinski definition) is 1. The molecule has 0 fully saturated rings. The fraction of sp³-hybridized carbons (Fsp3) is 0.357. The zero-order valence-corrected chi connectivity index (χ0v) is 10.4. The predicted octanol–water partition coefficient (Wildman–Crippen LogP) is 2.26. The quantitative estimate of drug-likeness (QED) is 0.823. The van der Waals surface area contributed by atoms with Gasteiger partial charge in [-0.25, -0.2) is 0 Å². The second-order valence-corrected chi connectivity index (χ2v) is 4.33. The molecule has 0 bridgehead atoms. The first-order chi connectivity index (χ1) is 8.69. The first-order valence-electron chi connectivity index (χ1n) is 5.99. The summed E-state index contributed by atoms with van der Waals surface area (Å²) in [6.45, 7) is 0. The van der Waals surface area contributed by atoms with Crippen molar-refractivity contribution in [2.24, 2.45) is 5.73 Å². The van der Waals surface area contributed by atoms with Crippen molar-refractivity contribution in [1.29, 1.82) is 0 Å². The van der Waals surface area contributed by atoms with Crippen molar-refractivity contribution in [3.8, 4) is 0 Å². The smallest absolute Gasteiger partial charge is 0.305 e. The summed E-state index contributed by atoms with van der Waals surface area (Å²) >= 11 is 0. The van der Waals surface area contributed by atoms with E-state index in [-0.39, 0.29) is 12.0 Å². The number of methoxy groups -OCH3 is 1. The van der Waals surface area contributed by atoms with Gasteiger partial charge in [0, 0.05) is 24.3 Å². The second-order valence-electron chi connectivity index (χ2n) is 4.33. The maximum atomic E-state index is 11.0. The molecule has 1 aromatic carbocycles. The van der Waals surface area contributed by atoms with Gasteiger partial charge in [0.25, 0.3) is 0 Å². The molecule has 1 atom stereocenters. The van der Waals surface area contributed by atoms with E-state index in [0.717, 1.165) is 16.7 Å². The Balaban J connectivity index is 1.94. The Bertz CT molecular complexity index is 500. The van der Waals surface area contributed by atoms with Gasteiger partial charge in [0.05, 0.1) is 7.11 Å². The molecule has 2 N–H and O–H groups in total. The van der Waals surface area contributed by atoms with Gasteiger partial charge in [0.15, 0.2) is 0 Å². The minimum Gasteiger partial charge on any atom is -0.469 e. The van der Waals surface area contributed by atoms with Gasteiger partial charge in [-0.05, 0) is 18.6 Å². The molecule has 0 radical (unpaired) electrons. The number of rotatable bonds is 5. The SMILES string of the molecule is COC(=O)CCC(N)Cc1cc2ccccc2o1. The highest BCUT2D eigenvalue weighted by atomic mass is 16.5. The molecule has 0 saturated carbocycles. The Morgan fingerprint density at radius 3 is 2.94 bits per heavy atom. The van der Waals surface area contributed by atoms with E-state index in [1.807, 2.05) is 30.3 Å². The summed E-state index contributed by atoms with van der Waals surface area (Å²) in [5.74, 6) is 0.628. The van der Waals surface area contributed by atoms with Gasteiger partial charge in [-0.1, -0.05) is 18.2 Å². The molecule has 18 heavy (non-hydrogen) atoms. The number of fused-ring (bicyclic) bond motifs is 1. The molecule has 0 spiro atoms. The van der Waals surface area contributed by atoms with Crippen molar-refractivity contribution in [3.05, 3.63) is 36.1 Å². The number of benzene rings is 1. The number of ether oxygens (including phenoxy) is 1. The third-order valence-corrected chi connectivity index (χ3v) is 2.89. The Morgan fingerprint density at radius 1 is 1.44 bits per heavy atom. The fourth-order valence-corrected chi connectivity index (χ4v) is 1.90. The molecule has 0 aliphatic carbocycles. The van der Waals surface area contributed by atoms with Crippen LogP contribution in [0.4, 0.5) is 0 Å². The summed E-state index contributed by atoms with van der Waals surface area (Å²) in [5, 5.41) is 1.08. The van der Waals surface area contributed by atoms with Crippen LogP contribution < -0.4 is 5.73 Å². The number of para-hydroxylation sites is 1. The predicted molar refractivity (Wildman–Crippen MR) is 69.1 cm³/mol. The Hall–Kier alpha value is -1.81. The molecule has 2 aromatic rings. The highest BCUT2D eigenvalue weighted by Gasteiger charge is 2.11. The van der Waals surface area contributed by atoms with Crippen molar-refractivity contribution < 1.29 is 13.9 Å². The lowest BCUT2D eigenvalue weighted by molar-refractivity contribution is -0.140. The van der Waals surface area contributed by atoms with Crippen LogP contribution in [-0.2, 0) is 16.0 Å². The van der Waals surface area contributed by atoms with Crippen LogP contribution in [-0.4, -0.2) is 19.1 Å². The molecule has 2 rings (SSSR count). The maximum absolute atomic E-state index is 11.0. The van der Waals surface area contributed by atoms with Crippen LogP contribution >= 0.6 is 0 Å². The van der Waals surface area contributed by atoms with Crippen molar-refractivity contribution in [1.82, 2.24) is 0 Å². The molecule has 0 saturated heterocycles. The average Bonchev–Trinajstić information content (AvgIpc) is 2.77. The monoisotopic (exact) mass is 247 g/mol. The van der Waals surface area contributed by atoms with Gasteiger partial charge in [-0.3, -0.25) is 4.79 Å². The molecule has 0 amide bonds. The van der Waals surface area contributed by atoms with E-state index in [4.69, 9.17) is 10.2 Å². The minimum atomic E-state index is -0.227. The Labute approximate surface area is 106 Å². The highest BCUT2D eigenvalue weighted by molar-refractivity contribution is 5.77. The van der Waals surface area contributed by atoms with Crippen LogP contribution in [0.5, 0.6) is 0 Å². The van der Waals surface area contributed by atoms with Crippen molar-refractivity contribution in [2.75, 3.05) is 7.11 Å². The zero-order chi connectivity index (χ0) is 13.0. The Morgan fingerprint density at radius 2 is 2.22 bits per heavy atom. The van der Waals surface area contributed by atoms with Gasteiger partial charge < -0.3 is 14.9 Å². The zero-order valence-electron chi connectivity index (χ0n) is 10.4. The van der Waals surface area contributed by atoms with E-state index in [9.17, 15) is 4.79 Å². The molecule has 1 unspecified atom stereocenters. The molecule has 1 heterocycles. The number of carbonyl (C=O) groups is 1. The third kappa shape index (κ3) is 3.11. The summed E-state index contributed by atoms with van der Waals surface area (Å²) in [7, 11) is 1.38. The largest absolute Gasteiger partial charge is 0.469 e. The number of carbonyl (C=O) groups excluding carboxylic acids is 1. The molecule has 4 heteroatoms. The van der Waals surface area contributed by atoms with Crippen LogP contribution in [0.1, 0.15) is 18.6 Å². The van der Waals surface area contributed by atoms with Gasteiger partial charge in [-0.2, -0.15) is 0 Å². The molecule has 0 aliphatic heterocycles. The topological polar surface area (TPSA) is 65.5 Å². The van der Waals surface area contributed by atoms with E-state index in [1.54, 1.807) is 0 Å². The molecule has 0 aliphatic rings. The first kappa shape index (κ1) is 12.6. The third-order valence-electron chi connectivity index (χ3n) is 2.89. The van der Waals surface area contributed by atoms with Crippen LogP contribution in [0.15, 0.2) is 34.7 Å². The first-order valence-corrected chi connectivity index (χ1v) is 5.99. The van der Waals surface area contributed by atoms with E-state index in [2.05, 4.69) is 4.74 Å². The lowest BCUT2D eigenvalue weighted by Gasteiger charge is -2.08.